The fraction of sp³-hybridized carbons (Fsp3) is 0.600. The van der Waals surface area contributed by atoms with Gasteiger partial charge in [0.05, 0.1) is 4.90 Å². The van der Waals surface area contributed by atoms with Crippen LogP contribution in [0.2, 0.25) is 0 Å². The molecule has 0 heterocycles. The van der Waals surface area contributed by atoms with Crippen LogP contribution in [0.25, 0.3) is 0 Å². The maximum Gasteiger partial charge on any atom is 0.240 e. The SMILES string of the molecule is Cc1ccc(S(=O)(=O)NCC2CCCC(N)C2)c(C)c1. The van der Waals surface area contributed by atoms with Crippen molar-refractivity contribution in [3.63, 3.8) is 0 Å². The van der Waals surface area contributed by atoms with Gasteiger partial charge in [-0.1, -0.05) is 24.1 Å². The highest BCUT2D eigenvalue weighted by atomic mass is 32.2. The number of sulfonamides is 1. The molecule has 3 N–H and O–H groups in total. The Hall–Kier alpha value is -0.910. The molecule has 2 atom stereocenters. The van der Waals surface area contributed by atoms with Crippen LogP contribution in [0.5, 0.6) is 0 Å². The molecule has 0 bridgehead atoms. The second-order valence-electron chi connectivity index (χ2n) is 5.91. The highest BCUT2D eigenvalue weighted by molar-refractivity contribution is 7.89. The normalized spacial score (nSPS) is 23.8. The largest absolute Gasteiger partial charge is 0.328 e. The monoisotopic (exact) mass is 296 g/mol. The number of hydrogen-bond acceptors (Lipinski definition) is 3. The summed E-state index contributed by atoms with van der Waals surface area (Å²) in [6, 6.07) is 5.63. The van der Waals surface area contributed by atoms with E-state index in [2.05, 4.69) is 4.72 Å². The van der Waals surface area contributed by atoms with Crippen molar-refractivity contribution in [2.45, 2.75) is 50.5 Å². The molecule has 1 aliphatic rings. The second kappa shape index (κ2) is 6.24. The average Bonchev–Trinajstić information content (AvgIpc) is 2.36. The van der Waals surface area contributed by atoms with Crippen LogP contribution in [0.4, 0.5) is 0 Å². The zero-order valence-electron chi connectivity index (χ0n) is 12.2. The maximum atomic E-state index is 12.3. The lowest BCUT2D eigenvalue weighted by Gasteiger charge is -2.26. The van der Waals surface area contributed by atoms with E-state index in [9.17, 15) is 8.42 Å². The molecule has 112 valence electrons. The van der Waals surface area contributed by atoms with Gasteiger partial charge in [-0.15, -0.1) is 0 Å². The molecule has 2 unspecified atom stereocenters. The zero-order chi connectivity index (χ0) is 14.8. The highest BCUT2D eigenvalue weighted by Crippen LogP contribution is 2.23. The lowest BCUT2D eigenvalue weighted by molar-refractivity contribution is 0.322. The summed E-state index contributed by atoms with van der Waals surface area (Å²) in [7, 11) is -3.42. The molecule has 1 aromatic carbocycles. The molecule has 0 amide bonds. The van der Waals surface area contributed by atoms with Gasteiger partial charge in [0.25, 0.3) is 0 Å². The standard InChI is InChI=1S/C15H24N2O2S/c1-11-6-7-15(12(2)8-11)20(18,19)17-10-13-4-3-5-14(16)9-13/h6-8,13-14,17H,3-5,9-10,16H2,1-2H3. The number of aryl methyl sites for hydroxylation is 2. The summed E-state index contributed by atoms with van der Waals surface area (Å²) in [5, 5.41) is 0. The first-order valence-corrected chi connectivity index (χ1v) is 8.69. The summed E-state index contributed by atoms with van der Waals surface area (Å²) in [6.07, 6.45) is 4.12. The van der Waals surface area contributed by atoms with Crippen LogP contribution in [-0.4, -0.2) is 21.0 Å². The highest BCUT2D eigenvalue weighted by Gasteiger charge is 2.22. The van der Waals surface area contributed by atoms with E-state index in [1.165, 1.54) is 0 Å². The third-order valence-electron chi connectivity index (χ3n) is 4.01. The number of nitrogens with one attached hydrogen (secondary N) is 1. The van der Waals surface area contributed by atoms with Crippen molar-refractivity contribution in [3.05, 3.63) is 29.3 Å². The van der Waals surface area contributed by atoms with Gasteiger partial charge in [0, 0.05) is 12.6 Å². The molecule has 1 fully saturated rings. The minimum atomic E-state index is -3.42. The molecule has 4 nitrogen and oxygen atoms in total. The van der Waals surface area contributed by atoms with Gasteiger partial charge in [0.2, 0.25) is 10.0 Å². The van der Waals surface area contributed by atoms with Gasteiger partial charge < -0.3 is 5.73 Å². The molecule has 0 saturated heterocycles. The summed E-state index contributed by atoms with van der Waals surface area (Å²) < 4.78 is 27.4. The predicted molar refractivity (Wildman–Crippen MR) is 81.0 cm³/mol. The molecule has 0 radical (unpaired) electrons. The number of rotatable bonds is 4. The van der Waals surface area contributed by atoms with E-state index >= 15 is 0 Å². The summed E-state index contributed by atoms with van der Waals surface area (Å²) in [5.74, 6) is 0.360. The summed E-state index contributed by atoms with van der Waals surface area (Å²) in [6.45, 7) is 4.28. The molecule has 1 aliphatic carbocycles. The van der Waals surface area contributed by atoms with Gasteiger partial charge in [-0.25, -0.2) is 13.1 Å². The van der Waals surface area contributed by atoms with Crippen molar-refractivity contribution in [3.8, 4) is 0 Å². The fourth-order valence-electron chi connectivity index (χ4n) is 2.92. The fourth-order valence-corrected chi connectivity index (χ4v) is 4.26. The van der Waals surface area contributed by atoms with Gasteiger partial charge in [0.15, 0.2) is 0 Å². The van der Waals surface area contributed by atoms with Crippen molar-refractivity contribution in [2.24, 2.45) is 11.7 Å². The van der Waals surface area contributed by atoms with Crippen LogP contribution in [0.15, 0.2) is 23.1 Å². The van der Waals surface area contributed by atoms with Crippen molar-refractivity contribution < 1.29 is 8.42 Å². The molecule has 2 rings (SSSR count). The predicted octanol–water partition coefficient (Wildman–Crippen LogP) is 2.10. The van der Waals surface area contributed by atoms with Crippen molar-refractivity contribution >= 4 is 10.0 Å². The maximum absolute atomic E-state index is 12.3. The third kappa shape index (κ3) is 3.81. The Morgan fingerprint density at radius 1 is 1.30 bits per heavy atom. The van der Waals surface area contributed by atoms with E-state index in [0.29, 0.717) is 17.4 Å². The quantitative estimate of drug-likeness (QED) is 0.893. The first kappa shape index (κ1) is 15.5. The van der Waals surface area contributed by atoms with Gasteiger partial charge in [-0.3, -0.25) is 0 Å². The molecule has 20 heavy (non-hydrogen) atoms. The van der Waals surface area contributed by atoms with Crippen LogP contribution in [-0.2, 0) is 10.0 Å². The van der Waals surface area contributed by atoms with Gasteiger partial charge in [-0.05, 0) is 50.7 Å². The van der Waals surface area contributed by atoms with Crippen LogP contribution in [0.3, 0.4) is 0 Å². The number of benzene rings is 1. The number of nitrogens with two attached hydrogens (primary N) is 1. The van der Waals surface area contributed by atoms with E-state index in [-0.39, 0.29) is 6.04 Å². The van der Waals surface area contributed by atoms with E-state index in [1.807, 2.05) is 26.0 Å². The summed E-state index contributed by atoms with van der Waals surface area (Å²) in [5.41, 5.74) is 7.80. The van der Waals surface area contributed by atoms with Crippen LogP contribution in [0, 0.1) is 19.8 Å². The minimum absolute atomic E-state index is 0.222. The second-order valence-corrected chi connectivity index (χ2v) is 7.65. The number of hydrogen-bond donors (Lipinski definition) is 2. The Labute approximate surface area is 121 Å². The van der Waals surface area contributed by atoms with Gasteiger partial charge in [0.1, 0.15) is 0 Å². The molecule has 1 aromatic rings. The summed E-state index contributed by atoms with van der Waals surface area (Å²) in [4.78, 5) is 0.378. The van der Waals surface area contributed by atoms with Crippen LogP contribution in [0.1, 0.15) is 36.8 Å². The van der Waals surface area contributed by atoms with Crippen LogP contribution < -0.4 is 10.5 Å². The smallest absolute Gasteiger partial charge is 0.240 e. The zero-order valence-corrected chi connectivity index (χ0v) is 13.0. The minimum Gasteiger partial charge on any atom is -0.328 e. The lowest BCUT2D eigenvalue weighted by atomic mass is 9.86. The third-order valence-corrected chi connectivity index (χ3v) is 5.59. The first-order chi connectivity index (χ1) is 9.38. The van der Waals surface area contributed by atoms with E-state index < -0.39 is 10.0 Å². The van der Waals surface area contributed by atoms with E-state index in [4.69, 9.17) is 5.73 Å². The lowest BCUT2D eigenvalue weighted by Crippen LogP contribution is -2.35. The molecule has 0 spiro atoms. The Morgan fingerprint density at radius 3 is 2.70 bits per heavy atom. The Morgan fingerprint density at radius 2 is 2.05 bits per heavy atom. The summed E-state index contributed by atoms with van der Waals surface area (Å²) >= 11 is 0. The van der Waals surface area contributed by atoms with Gasteiger partial charge >= 0.3 is 0 Å². The Balaban J connectivity index is 2.03. The Kier molecular flexibility index (Phi) is 4.83. The average molecular weight is 296 g/mol. The molecule has 0 aliphatic heterocycles. The van der Waals surface area contributed by atoms with Crippen molar-refractivity contribution in [2.75, 3.05) is 6.54 Å². The van der Waals surface area contributed by atoms with E-state index in [1.54, 1.807) is 6.07 Å². The van der Waals surface area contributed by atoms with Crippen molar-refractivity contribution in [1.82, 2.24) is 4.72 Å². The molecule has 0 aromatic heterocycles. The Bertz CT molecular complexity index is 569. The van der Waals surface area contributed by atoms with E-state index in [0.717, 1.165) is 36.8 Å². The molecule has 5 heteroatoms. The molecular weight excluding hydrogens is 272 g/mol. The first-order valence-electron chi connectivity index (χ1n) is 7.21. The molecular formula is C15H24N2O2S. The topological polar surface area (TPSA) is 72.2 Å². The van der Waals surface area contributed by atoms with Crippen LogP contribution >= 0.6 is 0 Å². The van der Waals surface area contributed by atoms with Crippen molar-refractivity contribution in [1.29, 1.82) is 0 Å². The molecule has 1 saturated carbocycles. The van der Waals surface area contributed by atoms with Gasteiger partial charge in [-0.2, -0.15) is 0 Å².